The Morgan fingerprint density at radius 1 is 0.500 bits per heavy atom. The Kier molecular flexibility index (Phi) is 17.8. The van der Waals surface area contributed by atoms with Crippen LogP contribution >= 0.6 is 0 Å². The summed E-state index contributed by atoms with van der Waals surface area (Å²) < 4.78 is 0. The molecule has 0 aliphatic carbocycles. The second-order valence-corrected chi connectivity index (χ2v) is 6.19. The third-order valence-electron chi connectivity index (χ3n) is 4.36. The van der Waals surface area contributed by atoms with Crippen molar-refractivity contribution in [3.05, 3.63) is 119 Å². The van der Waals surface area contributed by atoms with Gasteiger partial charge in [-0.05, 0) is 34.7 Å². The number of fused-ring (bicyclic) bond motifs is 1. The quantitative estimate of drug-likeness (QED) is 0.249. The molecule has 0 spiro atoms. The molecule has 125 valence electrons. The summed E-state index contributed by atoms with van der Waals surface area (Å²) in [5, 5.41) is 2.61. The molecule has 0 amide bonds. The molecule has 4 rings (SSSR count). The van der Waals surface area contributed by atoms with E-state index in [-0.39, 0.29) is 169 Å². The number of benzene rings is 4. The third-order valence-corrected chi connectivity index (χ3v) is 4.36. The predicted octanol–water partition coefficient (Wildman–Crippen LogP) is 5.24. The summed E-state index contributed by atoms with van der Waals surface area (Å²) in [5.74, 6) is 0. The molecule has 0 bridgehead atoms. The van der Waals surface area contributed by atoms with E-state index in [1.54, 1.807) is 0 Å². The van der Waals surface area contributed by atoms with E-state index < -0.39 is 0 Å². The first kappa shape index (κ1) is 30.6. The Balaban J connectivity index is 0.00000182. The second kappa shape index (κ2) is 16.3. The van der Waals surface area contributed by atoms with Crippen LogP contribution in [0.25, 0.3) is 10.8 Å². The fourth-order valence-corrected chi connectivity index (χ4v) is 3.11. The molecule has 0 nitrogen and oxygen atoms in total. The van der Waals surface area contributed by atoms with E-state index in [1.165, 1.54) is 33.0 Å². The third kappa shape index (κ3) is 9.24. The minimum atomic E-state index is 0. The van der Waals surface area contributed by atoms with Crippen LogP contribution in [0.1, 0.15) is 22.3 Å². The van der Waals surface area contributed by atoms with E-state index in [0.717, 1.165) is 12.8 Å². The standard InChI is InChI=1S/C24H18.Ra.Rb.2Y/c1-3-7-19(8-4-1)15-21-11-13-24-18-22(12-14-23(24)17-21)16-20-9-5-2-6-10-20;;;;/h3-14,17-18H,15-16H2;;;;/q-2;;;;. The molecule has 0 atom stereocenters. The zero-order valence-electron chi connectivity index (χ0n) is 16.4. The van der Waals surface area contributed by atoms with Crippen LogP contribution in [-0.4, -0.2) is 58.2 Å². The van der Waals surface area contributed by atoms with E-state index >= 15 is 0 Å². The van der Waals surface area contributed by atoms with Crippen molar-refractivity contribution >= 4 is 69.0 Å². The van der Waals surface area contributed by atoms with Gasteiger partial charge in [-0.2, -0.15) is 71.8 Å². The molecule has 0 saturated heterocycles. The van der Waals surface area contributed by atoms with Gasteiger partial charge in [0.25, 0.3) is 0 Å². The first-order chi connectivity index (χ1) is 11.9. The molecule has 0 N–H and O–H groups in total. The smallest absolute Gasteiger partial charge is 0 e. The molecule has 0 unspecified atom stereocenters. The first-order valence-corrected chi connectivity index (χ1v) is 8.28. The Bertz CT molecular complexity index is 879. The van der Waals surface area contributed by atoms with Crippen molar-refractivity contribution in [2.75, 3.05) is 0 Å². The van der Waals surface area contributed by atoms with E-state index in [1.807, 2.05) is 24.3 Å². The molecule has 0 aliphatic heterocycles. The molecule has 28 heavy (non-hydrogen) atoms. The van der Waals surface area contributed by atoms with Crippen LogP contribution < -0.4 is 0 Å². The SMILES string of the molecule is [Ra].[Rb].[Y].[Y].[c-]1ccc(Cc2ccc3cc(Cc4cc[c-]cc4)ccc3c2)cc1. The van der Waals surface area contributed by atoms with E-state index in [2.05, 4.69) is 72.8 Å². The molecule has 4 aromatic carbocycles. The van der Waals surface area contributed by atoms with Crippen LogP contribution in [0.5, 0.6) is 0 Å². The molecule has 4 aromatic rings. The summed E-state index contributed by atoms with van der Waals surface area (Å²) in [5.41, 5.74) is 5.34. The van der Waals surface area contributed by atoms with Crippen LogP contribution in [0.4, 0.5) is 0 Å². The zero-order chi connectivity index (χ0) is 16.2. The predicted molar refractivity (Wildman–Crippen MR) is 106 cm³/mol. The van der Waals surface area contributed by atoms with Crippen LogP contribution in [0.3, 0.4) is 0 Å². The first-order valence-electron chi connectivity index (χ1n) is 8.28. The Labute approximate surface area is 304 Å². The number of hydrogen-bond acceptors (Lipinski definition) is 0. The molecule has 0 fully saturated rings. The molecule has 0 saturated carbocycles. The van der Waals surface area contributed by atoms with Gasteiger partial charge in [0.15, 0.2) is 0 Å². The Morgan fingerprint density at radius 2 is 0.857 bits per heavy atom. The van der Waals surface area contributed by atoms with Crippen molar-refractivity contribution in [3.63, 3.8) is 0 Å². The van der Waals surface area contributed by atoms with E-state index in [0.29, 0.717) is 0 Å². The van der Waals surface area contributed by atoms with Crippen LogP contribution in [-0.2, 0) is 78.3 Å². The molecule has 4 heteroatoms. The molecule has 0 aliphatic rings. The molecular weight excluding hydrogens is 778 g/mol. The van der Waals surface area contributed by atoms with Gasteiger partial charge in [0, 0.05) is 169 Å². The Morgan fingerprint density at radius 3 is 1.21 bits per heavy atom. The van der Waals surface area contributed by atoms with Crippen molar-refractivity contribution in [2.24, 2.45) is 0 Å². The summed E-state index contributed by atoms with van der Waals surface area (Å²) in [6.07, 6.45) is 1.93. The fraction of sp³-hybridized carbons (Fsp3) is 0.0833. The van der Waals surface area contributed by atoms with Gasteiger partial charge >= 0.3 is 0 Å². The minimum Gasteiger partial charge on any atom is -0.184 e. The van der Waals surface area contributed by atoms with Crippen LogP contribution in [0.15, 0.2) is 84.9 Å². The summed E-state index contributed by atoms with van der Waals surface area (Å²) in [4.78, 5) is 0. The van der Waals surface area contributed by atoms with Gasteiger partial charge in [0.2, 0.25) is 0 Å². The van der Waals surface area contributed by atoms with E-state index in [9.17, 15) is 0 Å². The average molecular weight is 796 g/mol. The topological polar surface area (TPSA) is 0 Å². The van der Waals surface area contributed by atoms with Crippen molar-refractivity contribution < 1.29 is 110 Å². The monoisotopic (exact) mass is 795 g/mol. The average Bonchev–Trinajstić information content (AvgIpc) is 2.64. The van der Waals surface area contributed by atoms with Gasteiger partial charge in [-0.3, -0.25) is 0 Å². The van der Waals surface area contributed by atoms with Gasteiger partial charge in [0.05, 0.1) is 0 Å². The molecule has 0 aromatic heterocycles. The number of hydrogen-bond donors (Lipinski definition) is 0. The minimum absolute atomic E-state index is 0. The fourth-order valence-electron chi connectivity index (χ4n) is 3.11. The van der Waals surface area contributed by atoms with Gasteiger partial charge < -0.3 is 0 Å². The molecule has 5 radical (unpaired) electrons. The van der Waals surface area contributed by atoms with Crippen molar-refractivity contribution in [1.82, 2.24) is 0 Å². The zero-order valence-corrected chi connectivity index (χ0v) is 32.8. The second-order valence-electron chi connectivity index (χ2n) is 6.19. The van der Waals surface area contributed by atoms with Crippen molar-refractivity contribution in [3.8, 4) is 0 Å². The van der Waals surface area contributed by atoms with Gasteiger partial charge in [-0.25, -0.2) is 0 Å². The largest absolute Gasteiger partial charge is 0.184 e. The van der Waals surface area contributed by atoms with Gasteiger partial charge in [0.1, 0.15) is 0 Å². The van der Waals surface area contributed by atoms with Crippen LogP contribution in [0, 0.1) is 57.1 Å². The summed E-state index contributed by atoms with van der Waals surface area (Å²) in [6.45, 7) is 0. The maximum Gasteiger partial charge on any atom is 0 e. The maximum atomic E-state index is 3.07. The van der Waals surface area contributed by atoms with Gasteiger partial charge in [-0.1, -0.05) is 36.4 Å². The normalized spacial score (nSPS) is 9.29. The molecule has 0 heterocycles. The molecular formula is C24H18RaRbY2-2. The Hall–Kier alpha value is 2.62. The number of rotatable bonds is 4. The maximum absolute atomic E-state index is 3.07. The van der Waals surface area contributed by atoms with E-state index in [4.69, 9.17) is 0 Å². The van der Waals surface area contributed by atoms with Crippen LogP contribution in [0.2, 0.25) is 0 Å². The van der Waals surface area contributed by atoms with Crippen molar-refractivity contribution in [2.45, 2.75) is 12.8 Å². The summed E-state index contributed by atoms with van der Waals surface area (Å²) >= 11 is 0. The summed E-state index contributed by atoms with van der Waals surface area (Å²) in [6, 6.07) is 36.1. The summed E-state index contributed by atoms with van der Waals surface area (Å²) in [7, 11) is 0. The van der Waals surface area contributed by atoms with Gasteiger partial charge in [-0.15, -0.1) is 0 Å². The van der Waals surface area contributed by atoms with Crippen molar-refractivity contribution in [1.29, 1.82) is 0 Å².